The van der Waals surface area contributed by atoms with E-state index in [1.54, 1.807) is 0 Å². The van der Waals surface area contributed by atoms with E-state index >= 15 is 0 Å². The van der Waals surface area contributed by atoms with Gasteiger partial charge < -0.3 is 20.2 Å². The number of amides is 2. The first-order chi connectivity index (χ1) is 14.1. The van der Waals surface area contributed by atoms with E-state index in [2.05, 4.69) is 5.32 Å². The molecule has 0 fully saturated rings. The van der Waals surface area contributed by atoms with Gasteiger partial charge in [-0.25, -0.2) is 4.79 Å². The fourth-order valence-corrected chi connectivity index (χ4v) is 3.81. The maximum atomic E-state index is 12.8. The lowest BCUT2D eigenvalue weighted by atomic mass is 10.1. The van der Waals surface area contributed by atoms with Crippen LogP contribution in [-0.2, 0) is 4.74 Å². The normalized spacial score (nSPS) is 10.6. The summed E-state index contributed by atoms with van der Waals surface area (Å²) in [6, 6.07) is 5.00. The number of thiophene rings is 1. The lowest BCUT2D eigenvalue weighted by Crippen LogP contribution is -2.21. The molecule has 30 heavy (non-hydrogen) atoms. The number of nitrogens with one attached hydrogen (secondary N) is 2. The maximum Gasteiger partial charge on any atom is 0.341 e. The summed E-state index contributed by atoms with van der Waals surface area (Å²) in [5, 5.41) is 21.6. The number of ether oxygens (including phenoxy) is 1. The Morgan fingerprint density at radius 1 is 1.30 bits per heavy atom. The number of hydrogen-bond acceptors (Lipinski definition) is 9. The van der Waals surface area contributed by atoms with Crippen LogP contribution in [0.3, 0.4) is 0 Å². The van der Waals surface area contributed by atoms with Gasteiger partial charge in [0.25, 0.3) is 17.5 Å². The van der Waals surface area contributed by atoms with E-state index < -0.39 is 28.3 Å². The van der Waals surface area contributed by atoms with Gasteiger partial charge >= 0.3 is 5.97 Å². The van der Waals surface area contributed by atoms with E-state index in [0.717, 1.165) is 18.4 Å². The Balaban J connectivity index is 2.07. The number of nitrogens with two attached hydrogens (primary N) is 1. The van der Waals surface area contributed by atoms with Crippen molar-refractivity contribution in [3.05, 3.63) is 61.5 Å². The van der Waals surface area contributed by atoms with Crippen molar-refractivity contribution >= 4 is 50.8 Å². The predicted octanol–water partition coefficient (Wildman–Crippen LogP) is 2.33. The van der Waals surface area contributed by atoms with Gasteiger partial charge in [-0.05, 0) is 24.6 Å². The number of hydrogen-bond donors (Lipinski definition) is 3. The van der Waals surface area contributed by atoms with E-state index in [4.69, 9.17) is 20.3 Å². The molecule has 4 N–H and O–H groups in total. The van der Waals surface area contributed by atoms with Crippen molar-refractivity contribution in [3.8, 4) is 0 Å². The molecule has 2 aromatic heterocycles. The van der Waals surface area contributed by atoms with Gasteiger partial charge in [-0.3, -0.25) is 25.1 Å². The van der Waals surface area contributed by atoms with Gasteiger partial charge in [-0.15, -0.1) is 11.3 Å². The quantitative estimate of drug-likeness (QED) is 0.315. The standard InChI is InChI=1S/C18H14N4O7S/c1-7-12(18(25)28-2)17(30-13(7)14(19)23)21-16(24)10-6-8-5-9(22(26)27)3-4-11(8)29-15(10)20/h3-6,20H,1-2H3,(H2,19,23)(H,21,24). The molecule has 0 spiro atoms. The molecule has 0 aliphatic rings. The number of benzene rings is 1. The zero-order valence-electron chi connectivity index (χ0n) is 15.6. The average molecular weight is 430 g/mol. The number of esters is 1. The van der Waals surface area contributed by atoms with E-state index in [0.29, 0.717) is 0 Å². The van der Waals surface area contributed by atoms with Crippen molar-refractivity contribution in [2.24, 2.45) is 5.73 Å². The van der Waals surface area contributed by atoms with Crippen LogP contribution in [0.25, 0.3) is 11.0 Å². The average Bonchev–Trinajstić information content (AvgIpc) is 3.02. The number of nitro groups is 1. The van der Waals surface area contributed by atoms with E-state index in [-0.39, 0.29) is 43.2 Å². The molecular formula is C18H14N4O7S. The Kier molecular flexibility index (Phi) is 5.34. The van der Waals surface area contributed by atoms with Crippen LogP contribution in [0.4, 0.5) is 10.7 Å². The summed E-state index contributed by atoms with van der Waals surface area (Å²) >= 11 is 0.788. The minimum absolute atomic E-state index is 0.0108. The highest BCUT2D eigenvalue weighted by molar-refractivity contribution is 7.18. The Bertz CT molecular complexity index is 1290. The van der Waals surface area contributed by atoms with Crippen LogP contribution in [-0.4, -0.2) is 29.8 Å². The summed E-state index contributed by atoms with van der Waals surface area (Å²) in [4.78, 5) is 46.9. The Hall–Kier alpha value is -4.06. The first-order valence-electron chi connectivity index (χ1n) is 8.23. The maximum absolute atomic E-state index is 12.8. The molecule has 1 aromatic carbocycles. The van der Waals surface area contributed by atoms with Gasteiger partial charge in [0.2, 0.25) is 5.55 Å². The van der Waals surface area contributed by atoms with Gasteiger partial charge in [-0.2, -0.15) is 0 Å². The molecule has 3 aromatic rings. The number of carbonyl (C=O) groups is 3. The predicted molar refractivity (Wildman–Crippen MR) is 106 cm³/mol. The number of methoxy groups -OCH3 is 1. The third-order valence-electron chi connectivity index (χ3n) is 4.19. The molecule has 2 amide bonds. The summed E-state index contributed by atoms with van der Waals surface area (Å²) in [7, 11) is 1.14. The van der Waals surface area contributed by atoms with Gasteiger partial charge in [-0.1, -0.05) is 0 Å². The molecule has 0 aliphatic heterocycles. The molecule has 3 rings (SSSR count). The molecule has 0 saturated carbocycles. The van der Waals surface area contributed by atoms with Crippen molar-refractivity contribution in [2.75, 3.05) is 12.4 Å². The van der Waals surface area contributed by atoms with Crippen LogP contribution < -0.4 is 16.6 Å². The van der Waals surface area contributed by atoms with E-state index in [9.17, 15) is 24.5 Å². The van der Waals surface area contributed by atoms with Gasteiger partial charge in [0.15, 0.2) is 0 Å². The lowest BCUT2D eigenvalue weighted by molar-refractivity contribution is -0.384. The Morgan fingerprint density at radius 2 is 2.00 bits per heavy atom. The fourth-order valence-electron chi connectivity index (χ4n) is 2.76. The number of anilines is 1. The van der Waals surface area contributed by atoms with Crippen LogP contribution >= 0.6 is 11.3 Å². The van der Waals surface area contributed by atoms with Crippen LogP contribution in [0, 0.1) is 22.4 Å². The number of nitrogens with zero attached hydrogens (tertiary/aromatic N) is 1. The summed E-state index contributed by atoms with van der Waals surface area (Å²) in [5.74, 6) is -2.38. The molecule has 0 saturated heterocycles. The number of carbonyl (C=O) groups excluding carboxylic acids is 3. The molecule has 2 heterocycles. The van der Waals surface area contributed by atoms with E-state index in [1.165, 1.54) is 31.2 Å². The molecule has 0 unspecified atom stereocenters. The van der Waals surface area contributed by atoms with Crippen molar-refractivity contribution in [1.82, 2.24) is 0 Å². The Morgan fingerprint density at radius 3 is 2.60 bits per heavy atom. The second-order valence-corrected chi connectivity index (χ2v) is 7.06. The van der Waals surface area contributed by atoms with Crippen LogP contribution in [0.5, 0.6) is 0 Å². The number of nitro benzene ring substituents is 1. The number of fused-ring (bicyclic) bond motifs is 1. The van der Waals surface area contributed by atoms with Crippen LogP contribution in [0.1, 0.15) is 36.0 Å². The van der Waals surface area contributed by atoms with Crippen LogP contribution in [0.2, 0.25) is 0 Å². The molecule has 11 nitrogen and oxygen atoms in total. The van der Waals surface area contributed by atoms with Crippen molar-refractivity contribution in [1.29, 1.82) is 5.41 Å². The summed E-state index contributed by atoms with van der Waals surface area (Å²) in [5.41, 5.74) is 4.77. The van der Waals surface area contributed by atoms with Gasteiger partial charge in [0, 0.05) is 17.5 Å². The zero-order chi connectivity index (χ0) is 22.2. The first kappa shape index (κ1) is 20.7. The van der Waals surface area contributed by atoms with Crippen molar-refractivity contribution < 1.29 is 28.5 Å². The minimum atomic E-state index is -0.820. The second kappa shape index (κ2) is 7.75. The number of primary amides is 1. The highest BCUT2D eigenvalue weighted by Gasteiger charge is 2.26. The third-order valence-corrected chi connectivity index (χ3v) is 5.41. The third kappa shape index (κ3) is 3.63. The summed E-state index contributed by atoms with van der Waals surface area (Å²) < 4.78 is 9.97. The monoisotopic (exact) mass is 430 g/mol. The highest BCUT2D eigenvalue weighted by atomic mass is 32.1. The molecule has 0 bridgehead atoms. The second-order valence-electron chi connectivity index (χ2n) is 6.04. The number of rotatable bonds is 5. The lowest BCUT2D eigenvalue weighted by Gasteiger charge is -2.07. The summed E-state index contributed by atoms with van der Waals surface area (Å²) in [6.45, 7) is 1.49. The van der Waals surface area contributed by atoms with Crippen molar-refractivity contribution in [2.45, 2.75) is 6.92 Å². The summed E-state index contributed by atoms with van der Waals surface area (Å²) in [6.07, 6.45) is 0. The van der Waals surface area contributed by atoms with E-state index in [1.807, 2.05) is 0 Å². The molecule has 0 radical (unpaired) electrons. The highest BCUT2D eigenvalue weighted by Crippen LogP contribution is 2.33. The fraction of sp³-hybridized carbons (Fsp3) is 0.111. The molecule has 154 valence electrons. The van der Waals surface area contributed by atoms with Gasteiger partial charge in [0.1, 0.15) is 16.1 Å². The SMILES string of the molecule is COC(=O)c1c(NC(=O)c2cc3cc([N+](=O)[O-])ccc3oc2=N)sc(C(N)=O)c1C. The number of non-ortho nitro benzene ring substituents is 1. The minimum Gasteiger partial charge on any atom is -0.465 e. The van der Waals surface area contributed by atoms with Gasteiger partial charge in [0.05, 0.1) is 22.5 Å². The Labute approximate surface area is 171 Å². The smallest absolute Gasteiger partial charge is 0.341 e. The zero-order valence-corrected chi connectivity index (χ0v) is 16.4. The first-order valence-corrected chi connectivity index (χ1v) is 9.05. The van der Waals surface area contributed by atoms with Crippen LogP contribution in [0.15, 0.2) is 28.7 Å². The topological polar surface area (TPSA) is 179 Å². The molecule has 0 atom stereocenters. The van der Waals surface area contributed by atoms with Crippen molar-refractivity contribution in [3.63, 3.8) is 0 Å². The molecule has 0 aliphatic carbocycles. The molecular weight excluding hydrogens is 416 g/mol. The molecule has 12 heteroatoms. The largest absolute Gasteiger partial charge is 0.465 e.